The maximum absolute atomic E-state index is 14.6. The second-order valence-electron chi connectivity index (χ2n) is 9.25. The van der Waals surface area contributed by atoms with Crippen molar-refractivity contribution >= 4 is 17.6 Å². The Morgan fingerprint density at radius 3 is 2.70 bits per heavy atom. The van der Waals surface area contributed by atoms with Gasteiger partial charge in [0.25, 0.3) is 5.91 Å². The molecule has 0 saturated carbocycles. The molecule has 2 atom stereocenters. The minimum atomic E-state index is -4.85. The van der Waals surface area contributed by atoms with E-state index in [1.54, 1.807) is 11.0 Å². The average molecular weight is 521 g/mol. The first-order valence-corrected chi connectivity index (χ1v) is 11.9. The third-order valence-electron chi connectivity index (χ3n) is 6.50. The number of benzene rings is 1. The lowest BCUT2D eigenvalue weighted by molar-refractivity contribution is -0.140. The number of hydrogen-bond donors (Lipinski definition) is 1. The molecule has 0 spiro atoms. The molecule has 2 amide bonds. The summed E-state index contributed by atoms with van der Waals surface area (Å²) in [7, 11) is 1.46. The van der Waals surface area contributed by atoms with Crippen molar-refractivity contribution in [2.45, 2.75) is 38.5 Å². The van der Waals surface area contributed by atoms with Crippen molar-refractivity contribution in [3.05, 3.63) is 70.2 Å². The van der Waals surface area contributed by atoms with Gasteiger partial charge in [-0.05, 0) is 43.6 Å². The summed E-state index contributed by atoms with van der Waals surface area (Å²) >= 11 is 0. The molecule has 37 heavy (non-hydrogen) atoms. The molecule has 11 heteroatoms. The largest absolute Gasteiger partial charge is 0.419 e. The summed E-state index contributed by atoms with van der Waals surface area (Å²) in [5.41, 5.74) is 0.359. The molecule has 3 aliphatic heterocycles. The summed E-state index contributed by atoms with van der Waals surface area (Å²) in [4.78, 5) is 33.5. The van der Waals surface area contributed by atoms with Gasteiger partial charge < -0.3 is 19.9 Å². The van der Waals surface area contributed by atoms with E-state index in [2.05, 4.69) is 10.3 Å². The van der Waals surface area contributed by atoms with Crippen LogP contribution in [0.15, 0.2) is 58.3 Å². The Hall–Kier alpha value is -3.47. The number of halogens is 4. The van der Waals surface area contributed by atoms with Crippen LogP contribution in [0.3, 0.4) is 0 Å². The van der Waals surface area contributed by atoms with Crippen LogP contribution < -0.4 is 5.32 Å². The van der Waals surface area contributed by atoms with Crippen molar-refractivity contribution in [3.8, 4) is 0 Å². The first-order chi connectivity index (χ1) is 17.5. The topological polar surface area (TPSA) is 74.2 Å². The highest BCUT2D eigenvalue weighted by molar-refractivity contribution is 6.22. The van der Waals surface area contributed by atoms with E-state index in [0.717, 1.165) is 17.2 Å². The molecule has 0 aromatic heterocycles. The van der Waals surface area contributed by atoms with Crippen LogP contribution in [0.4, 0.5) is 17.6 Å². The number of ether oxygens (including phenoxy) is 1. The average Bonchev–Trinajstić information content (AvgIpc) is 3.23. The lowest BCUT2D eigenvalue weighted by Gasteiger charge is -2.30. The summed E-state index contributed by atoms with van der Waals surface area (Å²) in [6, 6.07) is 1.92. The molecular weight excluding hydrogens is 492 g/mol. The molecule has 3 heterocycles. The van der Waals surface area contributed by atoms with E-state index in [4.69, 9.17) is 4.74 Å². The predicted molar refractivity (Wildman–Crippen MR) is 129 cm³/mol. The van der Waals surface area contributed by atoms with E-state index in [1.165, 1.54) is 20.1 Å². The summed E-state index contributed by atoms with van der Waals surface area (Å²) in [6.07, 6.45) is 1.26. The highest BCUT2D eigenvalue weighted by Gasteiger charge is 2.36. The van der Waals surface area contributed by atoms with Gasteiger partial charge in [0.05, 0.1) is 23.2 Å². The number of hydrogen-bond acceptors (Lipinski definition) is 5. The van der Waals surface area contributed by atoms with E-state index in [0.29, 0.717) is 38.0 Å². The minimum absolute atomic E-state index is 0.00619. The Labute approximate surface area is 212 Å². The SMILES string of the molecule is COCC(=O)N1CC=C(C2=CN3C[C@@H](C)N=C3C(C(=O)N[C@H](C)c3cccc(C(F)(F)F)c3F)=C2)CC1. The number of amidine groups is 1. The van der Waals surface area contributed by atoms with Crippen molar-refractivity contribution in [2.75, 3.05) is 33.4 Å². The van der Waals surface area contributed by atoms with Crippen LogP contribution in [-0.4, -0.2) is 66.8 Å². The molecule has 1 N–H and O–H groups in total. The molecular formula is C26H28F4N4O3. The van der Waals surface area contributed by atoms with Crippen LogP contribution in [-0.2, 0) is 20.5 Å². The first-order valence-electron chi connectivity index (χ1n) is 11.9. The van der Waals surface area contributed by atoms with Gasteiger partial charge in [0.1, 0.15) is 18.3 Å². The van der Waals surface area contributed by atoms with E-state index < -0.39 is 29.5 Å². The second kappa shape index (κ2) is 10.5. The number of methoxy groups -OCH3 is 1. The molecule has 1 aromatic carbocycles. The number of allylic oxidation sites excluding steroid dienone is 2. The quantitative estimate of drug-likeness (QED) is 0.580. The Kier molecular flexibility index (Phi) is 7.54. The maximum atomic E-state index is 14.6. The molecule has 0 radical (unpaired) electrons. The van der Waals surface area contributed by atoms with Crippen molar-refractivity contribution < 1.29 is 31.9 Å². The van der Waals surface area contributed by atoms with Gasteiger partial charge in [0, 0.05) is 38.5 Å². The van der Waals surface area contributed by atoms with E-state index >= 15 is 0 Å². The lowest BCUT2D eigenvalue weighted by atomic mass is 9.94. The molecule has 0 fully saturated rings. The Morgan fingerprint density at radius 1 is 1.30 bits per heavy atom. The van der Waals surface area contributed by atoms with Crippen molar-refractivity contribution in [3.63, 3.8) is 0 Å². The number of aliphatic imine (C=N–C) groups is 1. The molecule has 0 aliphatic carbocycles. The van der Waals surface area contributed by atoms with Gasteiger partial charge in [-0.1, -0.05) is 18.2 Å². The fourth-order valence-electron chi connectivity index (χ4n) is 4.63. The standard InChI is InChI=1S/C26H28F4N4O3/c1-15-12-34-13-18(17-7-9-33(10-8-17)22(35)14-37-3)11-20(24(34)31-15)25(36)32-16(2)19-5-4-6-21(23(19)27)26(28,29)30/h4-7,11,13,15-16H,8-10,12,14H2,1-3H3,(H,32,36)/t15-,16-/m1/s1. The molecule has 3 aliphatic rings. The number of rotatable bonds is 6. The first kappa shape index (κ1) is 26.6. The second-order valence-corrected chi connectivity index (χ2v) is 9.25. The van der Waals surface area contributed by atoms with Gasteiger partial charge in [0.2, 0.25) is 5.91 Å². The van der Waals surface area contributed by atoms with Gasteiger partial charge in [-0.15, -0.1) is 0 Å². The Bertz CT molecular complexity index is 1220. The smallest absolute Gasteiger partial charge is 0.375 e. The molecule has 4 rings (SSSR count). The van der Waals surface area contributed by atoms with E-state index in [1.807, 2.05) is 24.1 Å². The van der Waals surface area contributed by atoms with Crippen LogP contribution in [0.25, 0.3) is 0 Å². The number of nitrogens with zero attached hydrogens (tertiary/aromatic N) is 3. The van der Waals surface area contributed by atoms with Crippen LogP contribution in [0.5, 0.6) is 0 Å². The van der Waals surface area contributed by atoms with Gasteiger partial charge in [-0.3, -0.25) is 14.6 Å². The Morgan fingerprint density at radius 2 is 2.05 bits per heavy atom. The third-order valence-corrected chi connectivity index (χ3v) is 6.50. The molecule has 0 bridgehead atoms. The predicted octanol–water partition coefficient (Wildman–Crippen LogP) is 3.75. The Balaban J connectivity index is 1.57. The van der Waals surface area contributed by atoms with Crippen molar-refractivity contribution in [1.29, 1.82) is 0 Å². The highest BCUT2D eigenvalue weighted by Crippen LogP contribution is 2.34. The van der Waals surface area contributed by atoms with Crippen LogP contribution >= 0.6 is 0 Å². The zero-order chi connectivity index (χ0) is 26.9. The number of nitrogens with one attached hydrogen (secondary N) is 1. The number of alkyl halides is 3. The normalized spacial score (nSPS) is 20.5. The summed E-state index contributed by atoms with van der Waals surface area (Å²) in [6.45, 7) is 4.83. The van der Waals surface area contributed by atoms with Crippen molar-refractivity contribution in [1.82, 2.24) is 15.1 Å². The van der Waals surface area contributed by atoms with Gasteiger partial charge in [0.15, 0.2) is 0 Å². The zero-order valence-electron chi connectivity index (χ0n) is 20.7. The van der Waals surface area contributed by atoms with Gasteiger partial charge in [-0.25, -0.2) is 4.39 Å². The van der Waals surface area contributed by atoms with Gasteiger partial charge >= 0.3 is 6.18 Å². The number of fused-ring (bicyclic) bond motifs is 1. The molecule has 198 valence electrons. The fraction of sp³-hybridized carbons (Fsp3) is 0.423. The minimum Gasteiger partial charge on any atom is -0.375 e. The van der Waals surface area contributed by atoms with Crippen LogP contribution in [0.2, 0.25) is 0 Å². The van der Waals surface area contributed by atoms with Crippen LogP contribution in [0, 0.1) is 5.82 Å². The fourth-order valence-corrected chi connectivity index (χ4v) is 4.63. The summed E-state index contributed by atoms with van der Waals surface area (Å²) < 4.78 is 59.0. The lowest BCUT2D eigenvalue weighted by Crippen LogP contribution is -2.39. The number of amides is 2. The highest BCUT2D eigenvalue weighted by atomic mass is 19.4. The van der Waals surface area contributed by atoms with E-state index in [-0.39, 0.29) is 29.7 Å². The molecule has 0 saturated heterocycles. The monoisotopic (exact) mass is 520 g/mol. The third kappa shape index (κ3) is 5.61. The zero-order valence-corrected chi connectivity index (χ0v) is 20.7. The van der Waals surface area contributed by atoms with Gasteiger partial charge in [-0.2, -0.15) is 13.2 Å². The van der Waals surface area contributed by atoms with Crippen molar-refractivity contribution in [2.24, 2.45) is 4.99 Å². The molecule has 1 aromatic rings. The van der Waals surface area contributed by atoms with E-state index in [9.17, 15) is 27.2 Å². The summed E-state index contributed by atoms with van der Waals surface area (Å²) in [5.74, 6) is -1.63. The number of carbonyl (C=O) groups is 2. The maximum Gasteiger partial charge on any atom is 0.419 e. The molecule has 0 unspecified atom stereocenters. The summed E-state index contributed by atoms with van der Waals surface area (Å²) in [5, 5.41) is 2.64. The molecule has 7 nitrogen and oxygen atoms in total. The number of carbonyl (C=O) groups excluding carboxylic acids is 2. The van der Waals surface area contributed by atoms with Crippen LogP contribution in [0.1, 0.15) is 37.4 Å².